The lowest BCUT2D eigenvalue weighted by Gasteiger charge is -2.10. The van der Waals surface area contributed by atoms with Crippen LogP contribution in [-0.4, -0.2) is 30.8 Å². The first-order valence-electron chi connectivity index (χ1n) is 5.56. The van der Waals surface area contributed by atoms with E-state index in [9.17, 15) is 0 Å². The molecule has 84 valence electrons. The van der Waals surface area contributed by atoms with Crippen molar-refractivity contribution in [1.29, 1.82) is 0 Å². The van der Waals surface area contributed by atoms with Crippen molar-refractivity contribution in [2.75, 3.05) is 19.8 Å². The molecule has 0 aliphatic carbocycles. The van der Waals surface area contributed by atoms with Crippen LogP contribution in [0.2, 0.25) is 0 Å². The average molecular weight is 226 g/mol. The van der Waals surface area contributed by atoms with E-state index in [0.717, 1.165) is 31.9 Å². The zero-order chi connectivity index (χ0) is 10.5. The van der Waals surface area contributed by atoms with E-state index < -0.39 is 0 Å². The Balaban J connectivity index is 1.60. The van der Waals surface area contributed by atoms with Crippen molar-refractivity contribution in [1.82, 2.24) is 10.3 Å². The van der Waals surface area contributed by atoms with Crippen LogP contribution in [0.4, 0.5) is 0 Å². The first-order valence-corrected chi connectivity index (χ1v) is 6.44. The van der Waals surface area contributed by atoms with Gasteiger partial charge in [0.2, 0.25) is 0 Å². The van der Waals surface area contributed by atoms with Crippen LogP contribution >= 0.6 is 11.3 Å². The molecular formula is C11H18N2OS. The molecule has 1 atom stereocenters. The molecular weight excluding hydrogens is 208 g/mol. The van der Waals surface area contributed by atoms with E-state index in [-0.39, 0.29) is 0 Å². The number of rotatable bonds is 5. The lowest BCUT2D eigenvalue weighted by atomic mass is 10.2. The van der Waals surface area contributed by atoms with Crippen LogP contribution < -0.4 is 5.32 Å². The van der Waals surface area contributed by atoms with E-state index in [1.165, 1.54) is 17.7 Å². The van der Waals surface area contributed by atoms with Crippen LogP contribution in [0.15, 0.2) is 5.51 Å². The molecule has 1 aromatic rings. The molecule has 0 radical (unpaired) electrons. The fraction of sp³-hybridized carbons (Fsp3) is 0.727. The Hall–Kier alpha value is -0.450. The van der Waals surface area contributed by atoms with E-state index in [4.69, 9.17) is 4.74 Å². The minimum atomic E-state index is 0.590. The quantitative estimate of drug-likeness (QED) is 0.777. The molecule has 0 aromatic carbocycles. The number of ether oxygens (including phenoxy) is 1. The summed E-state index contributed by atoms with van der Waals surface area (Å²) in [7, 11) is 0. The summed E-state index contributed by atoms with van der Waals surface area (Å²) in [5, 5.41) is 3.43. The van der Waals surface area contributed by atoms with Crippen LogP contribution in [0, 0.1) is 6.92 Å². The molecule has 0 bridgehead atoms. The number of thiazole rings is 1. The monoisotopic (exact) mass is 226 g/mol. The van der Waals surface area contributed by atoms with Gasteiger partial charge >= 0.3 is 0 Å². The molecule has 1 fully saturated rings. The fourth-order valence-corrected chi connectivity index (χ4v) is 2.62. The SMILES string of the molecule is Cc1ncsc1CCOC[C@H]1CCCN1. The zero-order valence-corrected chi connectivity index (χ0v) is 9.98. The Labute approximate surface area is 94.9 Å². The van der Waals surface area contributed by atoms with Crippen molar-refractivity contribution in [3.05, 3.63) is 16.1 Å². The highest BCUT2D eigenvalue weighted by atomic mass is 32.1. The van der Waals surface area contributed by atoms with E-state index in [2.05, 4.69) is 17.2 Å². The number of nitrogens with zero attached hydrogens (tertiary/aromatic N) is 1. The molecule has 4 heteroatoms. The lowest BCUT2D eigenvalue weighted by Crippen LogP contribution is -2.27. The minimum absolute atomic E-state index is 0.590. The molecule has 0 unspecified atom stereocenters. The third kappa shape index (κ3) is 3.26. The Morgan fingerprint density at radius 1 is 1.67 bits per heavy atom. The van der Waals surface area contributed by atoms with Crippen LogP contribution in [0.1, 0.15) is 23.4 Å². The summed E-state index contributed by atoms with van der Waals surface area (Å²) in [6, 6.07) is 0.590. The number of aryl methyl sites for hydroxylation is 1. The predicted octanol–water partition coefficient (Wildman–Crippen LogP) is 1.76. The predicted molar refractivity (Wildman–Crippen MR) is 62.4 cm³/mol. The van der Waals surface area contributed by atoms with Crippen molar-refractivity contribution in [2.24, 2.45) is 0 Å². The molecule has 1 aliphatic rings. The largest absolute Gasteiger partial charge is 0.379 e. The van der Waals surface area contributed by atoms with E-state index >= 15 is 0 Å². The molecule has 2 rings (SSSR count). The molecule has 1 aromatic heterocycles. The third-order valence-corrected chi connectivity index (χ3v) is 3.79. The van der Waals surface area contributed by atoms with E-state index in [1.54, 1.807) is 11.3 Å². The lowest BCUT2D eigenvalue weighted by molar-refractivity contribution is 0.119. The smallest absolute Gasteiger partial charge is 0.0797 e. The highest BCUT2D eigenvalue weighted by molar-refractivity contribution is 7.09. The fourth-order valence-electron chi connectivity index (χ4n) is 1.86. The summed E-state index contributed by atoms with van der Waals surface area (Å²) < 4.78 is 5.66. The number of aromatic nitrogens is 1. The Morgan fingerprint density at radius 3 is 3.27 bits per heavy atom. The van der Waals surface area contributed by atoms with Gasteiger partial charge in [-0.3, -0.25) is 0 Å². The summed E-state index contributed by atoms with van der Waals surface area (Å²) in [4.78, 5) is 5.58. The molecule has 1 N–H and O–H groups in total. The summed E-state index contributed by atoms with van der Waals surface area (Å²) in [6.45, 7) is 4.89. The molecule has 0 spiro atoms. The van der Waals surface area contributed by atoms with Gasteiger partial charge in [-0.2, -0.15) is 0 Å². The van der Waals surface area contributed by atoms with E-state index in [0.29, 0.717) is 6.04 Å². The van der Waals surface area contributed by atoms with Gasteiger partial charge in [-0.15, -0.1) is 11.3 Å². The Kier molecular flexibility index (Phi) is 4.11. The van der Waals surface area contributed by atoms with Crippen molar-refractivity contribution in [3.8, 4) is 0 Å². The highest BCUT2D eigenvalue weighted by Gasteiger charge is 2.13. The van der Waals surface area contributed by atoms with Crippen LogP contribution in [0.25, 0.3) is 0 Å². The van der Waals surface area contributed by atoms with Crippen molar-refractivity contribution in [2.45, 2.75) is 32.2 Å². The molecule has 1 saturated heterocycles. The number of hydrogen-bond donors (Lipinski definition) is 1. The summed E-state index contributed by atoms with van der Waals surface area (Å²) in [5.41, 5.74) is 3.06. The van der Waals surface area contributed by atoms with Crippen molar-refractivity contribution < 1.29 is 4.74 Å². The first-order chi connectivity index (χ1) is 7.36. The second kappa shape index (κ2) is 5.58. The summed E-state index contributed by atoms with van der Waals surface area (Å²) in [5.74, 6) is 0. The topological polar surface area (TPSA) is 34.1 Å². The summed E-state index contributed by atoms with van der Waals surface area (Å²) in [6.07, 6.45) is 3.56. The van der Waals surface area contributed by atoms with Gasteiger partial charge in [0.15, 0.2) is 0 Å². The van der Waals surface area contributed by atoms with Crippen LogP contribution in [-0.2, 0) is 11.2 Å². The molecule has 2 heterocycles. The van der Waals surface area contributed by atoms with Gasteiger partial charge in [-0.05, 0) is 26.3 Å². The van der Waals surface area contributed by atoms with Gasteiger partial charge in [0, 0.05) is 17.3 Å². The standard InChI is InChI=1S/C11H18N2OS/c1-9-11(15-8-13-9)4-6-14-7-10-3-2-5-12-10/h8,10,12H,2-7H2,1H3/t10-/m1/s1. The third-order valence-electron chi connectivity index (χ3n) is 2.80. The number of nitrogens with one attached hydrogen (secondary N) is 1. The zero-order valence-electron chi connectivity index (χ0n) is 9.16. The maximum absolute atomic E-state index is 5.66. The normalized spacial score (nSPS) is 21.0. The first kappa shape index (κ1) is 11.0. The van der Waals surface area contributed by atoms with E-state index in [1.807, 2.05) is 5.51 Å². The Bertz CT molecular complexity index is 295. The Morgan fingerprint density at radius 2 is 2.60 bits per heavy atom. The van der Waals surface area contributed by atoms with Gasteiger partial charge in [0.25, 0.3) is 0 Å². The molecule has 15 heavy (non-hydrogen) atoms. The van der Waals surface area contributed by atoms with Gasteiger partial charge in [0.05, 0.1) is 24.4 Å². The van der Waals surface area contributed by atoms with Gasteiger partial charge < -0.3 is 10.1 Å². The molecule has 0 saturated carbocycles. The van der Waals surface area contributed by atoms with Crippen molar-refractivity contribution >= 4 is 11.3 Å². The highest BCUT2D eigenvalue weighted by Crippen LogP contribution is 2.13. The maximum atomic E-state index is 5.66. The minimum Gasteiger partial charge on any atom is -0.379 e. The number of hydrogen-bond acceptors (Lipinski definition) is 4. The summed E-state index contributed by atoms with van der Waals surface area (Å²) >= 11 is 1.73. The second-order valence-electron chi connectivity index (χ2n) is 3.98. The second-order valence-corrected chi connectivity index (χ2v) is 4.92. The maximum Gasteiger partial charge on any atom is 0.0797 e. The molecule has 3 nitrogen and oxygen atoms in total. The van der Waals surface area contributed by atoms with Crippen molar-refractivity contribution in [3.63, 3.8) is 0 Å². The van der Waals surface area contributed by atoms with Gasteiger partial charge in [-0.25, -0.2) is 4.98 Å². The van der Waals surface area contributed by atoms with Crippen LogP contribution in [0.5, 0.6) is 0 Å². The van der Waals surface area contributed by atoms with Gasteiger partial charge in [0.1, 0.15) is 0 Å². The molecule has 0 amide bonds. The van der Waals surface area contributed by atoms with Gasteiger partial charge in [-0.1, -0.05) is 0 Å². The molecule has 1 aliphatic heterocycles. The van der Waals surface area contributed by atoms with Crippen LogP contribution in [0.3, 0.4) is 0 Å². The average Bonchev–Trinajstić information content (AvgIpc) is 2.85.